The Labute approximate surface area is 189 Å². The number of hydrogen-bond donors (Lipinski definition) is 0. The summed E-state index contributed by atoms with van der Waals surface area (Å²) in [4.78, 5) is 19.2. The van der Waals surface area contributed by atoms with Crippen molar-refractivity contribution in [3.05, 3.63) is 95.3 Å². The Morgan fingerprint density at radius 1 is 1.00 bits per heavy atom. The van der Waals surface area contributed by atoms with Crippen LogP contribution >= 0.6 is 0 Å². The number of carbonyl (C=O) groups is 1. The molecule has 1 aromatic heterocycles. The van der Waals surface area contributed by atoms with Crippen molar-refractivity contribution in [2.24, 2.45) is 0 Å². The summed E-state index contributed by atoms with van der Waals surface area (Å²) in [5, 5.41) is 0. The number of carbonyl (C=O) groups excluding carboxylic acids is 1. The minimum atomic E-state index is -4.46. The average molecular weight is 449 g/mol. The summed E-state index contributed by atoms with van der Waals surface area (Å²) < 4.78 is 41.7. The highest BCUT2D eigenvalue weighted by atomic mass is 19.4. The molecular weight excluding hydrogens is 427 g/mol. The molecule has 1 aliphatic heterocycles. The van der Waals surface area contributed by atoms with Crippen molar-refractivity contribution in [1.29, 1.82) is 0 Å². The number of rotatable bonds is 4. The van der Waals surface area contributed by atoms with Crippen LogP contribution in [0.25, 0.3) is 11.0 Å². The van der Waals surface area contributed by atoms with Crippen LogP contribution in [0.5, 0.6) is 0 Å². The van der Waals surface area contributed by atoms with Crippen molar-refractivity contribution < 1.29 is 18.0 Å². The molecule has 0 bridgehead atoms. The van der Waals surface area contributed by atoms with Gasteiger partial charge in [0.05, 0.1) is 16.6 Å². The summed E-state index contributed by atoms with van der Waals surface area (Å²) in [5.41, 5.74) is 3.63. The predicted molar refractivity (Wildman–Crippen MR) is 121 cm³/mol. The van der Waals surface area contributed by atoms with Crippen LogP contribution in [0.1, 0.15) is 34.9 Å². The normalized spacial score (nSPS) is 16.7. The summed E-state index contributed by atoms with van der Waals surface area (Å²) in [6.07, 6.45) is -4.26. The van der Waals surface area contributed by atoms with Crippen molar-refractivity contribution in [2.45, 2.75) is 32.0 Å². The first-order chi connectivity index (χ1) is 15.8. The van der Waals surface area contributed by atoms with Gasteiger partial charge in [-0.15, -0.1) is 0 Å². The molecule has 0 aliphatic carbocycles. The maximum absolute atomic E-state index is 13.2. The van der Waals surface area contributed by atoms with E-state index in [0.717, 1.165) is 40.1 Å². The molecule has 1 saturated heterocycles. The maximum Gasteiger partial charge on any atom is 0.416 e. The fraction of sp³-hybridized carbons (Fsp3) is 0.231. The minimum Gasteiger partial charge on any atom is -0.323 e. The molecule has 7 heteroatoms. The summed E-state index contributed by atoms with van der Waals surface area (Å²) in [6.45, 7) is 2.95. The van der Waals surface area contributed by atoms with Crippen molar-refractivity contribution in [2.75, 3.05) is 11.4 Å². The standard InChI is InChI=1S/C26H22F3N3O/c1-17-7-2-3-8-18(17)15-32-23-12-5-4-11-22(23)30-25(32)19-13-24(33)31(16-19)21-10-6-9-20(14-21)26(27,28)29/h2-12,14,19H,13,15-16H2,1H3/t19-/m1/s1. The highest BCUT2D eigenvalue weighted by Gasteiger charge is 2.36. The molecule has 4 aromatic rings. The fourth-order valence-electron chi connectivity index (χ4n) is 4.51. The predicted octanol–water partition coefficient (Wildman–Crippen LogP) is 5.93. The number of amides is 1. The van der Waals surface area contributed by atoms with Gasteiger partial charge in [-0.25, -0.2) is 4.98 Å². The molecule has 33 heavy (non-hydrogen) atoms. The molecule has 1 amide bonds. The lowest BCUT2D eigenvalue weighted by Crippen LogP contribution is -2.25. The Bertz CT molecular complexity index is 1340. The Kier molecular flexibility index (Phi) is 5.19. The zero-order chi connectivity index (χ0) is 23.2. The van der Waals surface area contributed by atoms with E-state index in [4.69, 9.17) is 4.98 Å². The van der Waals surface area contributed by atoms with Crippen LogP contribution in [0.2, 0.25) is 0 Å². The van der Waals surface area contributed by atoms with Gasteiger partial charge in [0.2, 0.25) is 5.91 Å². The SMILES string of the molecule is Cc1ccccc1Cn1c([C@@H]2CC(=O)N(c3cccc(C(F)(F)F)c3)C2)nc2ccccc21. The van der Waals surface area contributed by atoms with Crippen LogP contribution in [0.15, 0.2) is 72.8 Å². The van der Waals surface area contributed by atoms with Gasteiger partial charge in [-0.2, -0.15) is 13.2 Å². The third-order valence-electron chi connectivity index (χ3n) is 6.25. The number of anilines is 1. The van der Waals surface area contributed by atoms with Gasteiger partial charge in [0.1, 0.15) is 5.82 Å². The number of para-hydroxylation sites is 2. The van der Waals surface area contributed by atoms with Crippen molar-refractivity contribution in [3.8, 4) is 0 Å². The van der Waals surface area contributed by atoms with Crippen LogP contribution in [-0.2, 0) is 17.5 Å². The first-order valence-electron chi connectivity index (χ1n) is 10.8. The van der Waals surface area contributed by atoms with Gasteiger partial charge >= 0.3 is 6.18 Å². The topological polar surface area (TPSA) is 38.1 Å². The second kappa shape index (κ2) is 8.06. The second-order valence-electron chi connectivity index (χ2n) is 8.42. The number of alkyl halides is 3. The summed E-state index contributed by atoms with van der Waals surface area (Å²) in [7, 11) is 0. The number of hydrogen-bond acceptors (Lipinski definition) is 2. The Morgan fingerprint density at radius 2 is 1.76 bits per heavy atom. The minimum absolute atomic E-state index is 0.200. The monoisotopic (exact) mass is 449 g/mol. The van der Waals surface area contributed by atoms with Gasteiger partial charge in [-0.05, 0) is 48.4 Å². The molecule has 0 saturated carbocycles. The lowest BCUT2D eigenvalue weighted by Gasteiger charge is -2.19. The van der Waals surface area contributed by atoms with Gasteiger partial charge in [-0.1, -0.05) is 42.5 Å². The van der Waals surface area contributed by atoms with Gasteiger partial charge < -0.3 is 9.47 Å². The molecule has 4 nitrogen and oxygen atoms in total. The average Bonchev–Trinajstić information content (AvgIpc) is 3.35. The molecule has 1 aliphatic rings. The number of benzene rings is 3. The van der Waals surface area contributed by atoms with Crippen molar-refractivity contribution in [1.82, 2.24) is 9.55 Å². The zero-order valence-corrected chi connectivity index (χ0v) is 18.0. The van der Waals surface area contributed by atoms with Crippen LogP contribution in [-0.4, -0.2) is 22.0 Å². The molecule has 1 fully saturated rings. The quantitative estimate of drug-likeness (QED) is 0.387. The van der Waals surface area contributed by atoms with E-state index in [2.05, 4.69) is 23.6 Å². The highest BCUT2D eigenvalue weighted by molar-refractivity contribution is 5.96. The van der Waals surface area contributed by atoms with Crippen LogP contribution < -0.4 is 4.90 Å². The Morgan fingerprint density at radius 3 is 2.55 bits per heavy atom. The molecule has 0 spiro atoms. The fourth-order valence-corrected chi connectivity index (χ4v) is 4.51. The molecule has 2 heterocycles. The molecule has 0 radical (unpaired) electrons. The van der Waals surface area contributed by atoms with E-state index in [1.165, 1.54) is 11.0 Å². The third-order valence-corrected chi connectivity index (χ3v) is 6.25. The largest absolute Gasteiger partial charge is 0.416 e. The van der Waals surface area contributed by atoms with Gasteiger partial charge in [0.25, 0.3) is 0 Å². The summed E-state index contributed by atoms with van der Waals surface area (Å²) in [6, 6.07) is 20.9. The Balaban J connectivity index is 1.52. The molecule has 5 rings (SSSR count). The molecule has 168 valence electrons. The van der Waals surface area contributed by atoms with Gasteiger partial charge in [0, 0.05) is 31.1 Å². The summed E-state index contributed by atoms with van der Waals surface area (Å²) >= 11 is 0. The van der Waals surface area contributed by atoms with Crippen LogP contribution in [0.4, 0.5) is 18.9 Å². The van der Waals surface area contributed by atoms with E-state index < -0.39 is 11.7 Å². The zero-order valence-electron chi connectivity index (χ0n) is 18.0. The summed E-state index contributed by atoms with van der Waals surface area (Å²) in [5.74, 6) is 0.361. The lowest BCUT2D eigenvalue weighted by atomic mass is 10.1. The smallest absolute Gasteiger partial charge is 0.323 e. The molecule has 3 aromatic carbocycles. The molecule has 0 unspecified atom stereocenters. The van der Waals surface area contributed by atoms with E-state index in [-0.39, 0.29) is 30.5 Å². The number of imidazole rings is 1. The van der Waals surface area contributed by atoms with E-state index in [1.54, 1.807) is 6.07 Å². The number of aryl methyl sites for hydroxylation is 1. The number of nitrogens with zero attached hydrogens (tertiary/aromatic N) is 3. The highest BCUT2D eigenvalue weighted by Crippen LogP contribution is 2.36. The molecule has 1 atom stereocenters. The first-order valence-corrected chi connectivity index (χ1v) is 10.8. The van der Waals surface area contributed by atoms with Gasteiger partial charge in [-0.3, -0.25) is 4.79 Å². The second-order valence-corrected chi connectivity index (χ2v) is 8.42. The number of fused-ring (bicyclic) bond motifs is 1. The molecule has 0 N–H and O–H groups in total. The third kappa shape index (κ3) is 3.99. The van der Waals surface area contributed by atoms with Crippen LogP contribution in [0.3, 0.4) is 0 Å². The molecular formula is C26H22F3N3O. The van der Waals surface area contributed by atoms with E-state index in [9.17, 15) is 18.0 Å². The van der Waals surface area contributed by atoms with E-state index in [1.807, 2.05) is 36.4 Å². The first kappa shape index (κ1) is 21.2. The van der Waals surface area contributed by atoms with E-state index >= 15 is 0 Å². The number of aromatic nitrogens is 2. The van der Waals surface area contributed by atoms with Crippen molar-refractivity contribution >= 4 is 22.6 Å². The van der Waals surface area contributed by atoms with E-state index in [0.29, 0.717) is 6.54 Å². The number of halogens is 3. The van der Waals surface area contributed by atoms with Crippen LogP contribution in [0, 0.1) is 6.92 Å². The maximum atomic E-state index is 13.2. The van der Waals surface area contributed by atoms with Gasteiger partial charge in [0.15, 0.2) is 0 Å². The Hall–Kier alpha value is -3.61. The van der Waals surface area contributed by atoms with Crippen molar-refractivity contribution in [3.63, 3.8) is 0 Å². The lowest BCUT2D eigenvalue weighted by molar-refractivity contribution is -0.137.